The first-order valence-corrected chi connectivity index (χ1v) is 9.84. The highest BCUT2D eigenvalue weighted by Crippen LogP contribution is 2.19. The Morgan fingerprint density at radius 1 is 1.32 bits per heavy atom. The number of hydrogen-bond donors (Lipinski definition) is 2. The molecule has 1 aromatic carbocycles. The van der Waals surface area contributed by atoms with Crippen molar-refractivity contribution in [1.82, 2.24) is 30.2 Å². The summed E-state index contributed by atoms with van der Waals surface area (Å²) in [7, 11) is 0. The number of halogens is 1. The number of benzene rings is 1. The van der Waals surface area contributed by atoms with E-state index < -0.39 is 0 Å². The fourth-order valence-electron chi connectivity index (χ4n) is 2.74. The van der Waals surface area contributed by atoms with E-state index in [9.17, 15) is 4.79 Å². The standard InChI is InChI=1S/C18H21ClN6O2S/c1-2-25-14(22-23-18(25)28)10-11-20-15(26)4-3-5-16-21-17(24-27-16)12-6-8-13(19)9-7-12/h6-9H,2-5,10-11H2,1H3,(H,20,26)(H,23,28). The maximum absolute atomic E-state index is 12.0. The molecular weight excluding hydrogens is 400 g/mol. The number of amides is 1. The number of aryl methyl sites for hydroxylation is 1. The topological polar surface area (TPSA) is 102 Å². The van der Waals surface area contributed by atoms with E-state index in [2.05, 4.69) is 25.7 Å². The van der Waals surface area contributed by atoms with Gasteiger partial charge >= 0.3 is 0 Å². The number of aromatic nitrogens is 5. The third-order valence-corrected chi connectivity index (χ3v) is 4.75. The number of carbonyl (C=O) groups is 1. The Labute approximate surface area is 172 Å². The van der Waals surface area contributed by atoms with Crippen molar-refractivity contribution in [2.75, 3.05) is 6.54 Å². The van der Waals surface area contributed by atoms with Crippen LogP contribution < -0.4 is 5.32 Å². The van der Waals surface area contributed by atoms with Crippen molar-refractivity contribution < 1.29 is 9.32 Å². The van der Waals surface area contributed by atoms with Gasteiger partial charge < -0.3 is 14.4 Å². The summed E-state index contributed by atoms with van der Waals surface area (Å²) in [6.45, 7) is 3.27. The second-order valence-electron chi connectivity index (χ2n) is 6.16. The number of rotatable bonds is 9. The zero-order valence-corrected chi connectivity index (χ0v) is 17.0. The molecule has 2 heterocycles. The lowest BCUT2D eigenvalue weighted by molar-refractivity contribution is -0.121. The molecule has 28 heavy (non-hydrogen) atoms. The molecule has 148 valence electrons. The van der Waals surface area contributed by atoms with Crippen LogP contribution in [0.3, 0.4) is 0 Å². The Bertz CT molecular complexity index is 979. The first-order valence-electron chi connectivity index (χ1n) is 9.06. The average molecular weight is 421 g/mol. The zero-order valence-electron chi connectivity index (χ0n) is 15.4. The number of hydrogen-bond acceptors (Lipinski definition) is 6. The molecule has 2 N–H and O–H groups in total. The Kier molecular flexibility index (Phi) is 6.94. The lowest BCUT2D eigenvalue weighted by Gasteiger charge is -2.05. The van der Waals surface area contributed by atoms with E-state index in [4.69, 9.17) is 28.3 Å². The van der Waals surface area contributed by atoms with Crippen LogP contribution in [0.15, 0.2) is 28.8 Å². The summed E-state index contributed by atoms with van der Waals surface area (Å²) in [6.07, 6.45) is 2.18. The van der Waals surface area contributed by atoms with Gasteiger partial charge in [-0.15, -0.1) is 0 Å². The number of aromatic amines is 1. The van der Waals surface area contributed by atoms with Crippen molar-refractivity contribution in [2.24, 2.45) is 0 Å². The van der Waals surface area contributed by atoms with Crippen LogP contribution in [0.5, 0.6) is 0 Å². The first-order chi connectivity index (χ1) is 13.6. The fraction of sp³-hybridized carbons (Fsp3) is 0.389. The van der Waals surface area contributed by atoms with Crippen LogP contribution in [0.25, 0.3) is 11.4 Å². The van der Waals surface area contributed by atoms with E-state index in [1.165, 1.54) is 0 Å². The lowest BCUT2D eigenvalue weighted by Crippen LogP contribution is -2.26. The molecule has 0 unspecified atom stereocenters. The number of nitrogens with one attached hydrogen (secondary N) is 2. The Balaban J connectivity index is 1.39. The zero-order chi connectivity index (χ0) is 19.9. The van der Waals surface area contributed by atoms with E-state index in [0.717, 1.165) is 17.9 Å². The Morgan fingerprint density at radius 2 is 2.11 bits per heavy atom. The molecule has 2 aromatic heterocycles. The minimum absolute atomic E-state index is 0.0189. The van der Waals surface area contributed by atoms with E-state index in [1.807, 2.05) is 23.6 Å². The summed E-state index contributed by atoms with van der Waals surface area (Å²) in [4.78, 5) is 16.3. The maximum atomic E-state index is 12.0. The minimum atomic E-state index is -0.0189. The third kappa shape index (κ3) is 5.26. The minimum Gasteiger partial charge on any atom is -0.356 e. The molecule has 3 rings (SSSR count). The molecule has 8 nitrogen and oxygen atoms in total. The largest absolute Gasteiger partial charge is 0.356 e. The third-order valence-electron chi connectivity index (χ3n) is 4.19. The SMILES string of the molecule is CCn1c(CCNC(=O)CCCc2nc(-c3ccc(Cl)cc3)no2)n[nH]c1=S. The predicted octanol–water partition coefficient (Wildman–Crippen LogP) is 3.35. The first kappa shape index (κ1) is 20.2. The van der Waals surface area contributed by atoms with Gasteiger partial charge in [0.2, 0.25) is 17.6 Å². The molecule has 0 radical (unpaired) electrons. The van der Waals surface area contributed by atoms with Crippen molar-refractivity contribution in [1.29, 1.82) is 0 Å². The fourth-order valence-corrected chi connectivity index (χ4v) is 3.15. The van der Waals surface area contributed by atoms with Gasteiger partial charge in [-0.2, -0.15) is 10.1 Å². The van der Waals surface area contributed by atoms with Gasteiger partial charge in [-0.25, -0.2) is 0 Å². The Hall–Kier alpha value is -2.52. The van der Waals surface area contributed by atoms with Crippen LogP contribution in [-0.4, -0.2) is 37.4 Å². The molecule has 0 fully saturated rings. The lowest BCUT2D eigenvalue weighted by atomic mass is 10.2. The molecule has 0 spiro atoms. The van der Waals surface area contributed by atoms with Crippen LogP contribution in [-0.2, 0) is 24.2 Å². The smallest absolute Gasteiger partial charge is 0.226 e. The van der Waals surface area contributed by atoms with Gasteiger partial charge in [0, 0.05) is 42.9 Å². The van der Waals surface area contributed by atoms with Crippen LogP contribution >= 0.6 is 23.8 Å². The van der Waals surface area contributed by atoms with Gasteiger partial charge in [0.15, 0.2) is 4.77 Å². The van der Waals surface area contributed by atoms with Crippen molar-refractivity contribution in [3.63, 3.8) is 0 Å². The highest BCUT2D eigenvalue weighted by atomic mass is 35.5. The summed E-state index contributed by atoms with van der Waals surface area (Å²) in [6, 6.07) is 7.22. The summed E-state index contributed by atoms with van der Waals surface area (Å²) >= 11 is 11.0. The predicted molar refractivity (Wildman–Crippen MR) is 107 cm³/mol. The van der Waals surface area contributed by atoms with E-state index in [1.54, 1.807) is 12.1 Å². The van der Waals surface area contributed by atoms with Crippen molar-refractivity contribution >= 4 is 29.7 Å². The molecule has 3 aromatic rings. The van der Waals surface area contributed by atoms with Gasteiger partial charge in [0.25, 0.3) is 0 Å². The van der Waals surface area contributed by atoms with Crippen molar-refractivity contribution in [2.45, 2.75) is 39.2 Å². The summed E-state index contributed by atoms with van der Waals surface area (Å²) in [5, 5.41) is 14.5. The summed E-state index contributed by atoms with van der Waals surface area (Å²) in [5.41, 5.74) is 0.835. The summed E-state index contributed by atoms with van der Waals surface area (Å²) < 4.78 is 7.76. The molecule has 1 amide bonds. The van der Waals surface area contributed by atoms with Gasteiger partial charge in [0.1, 0.15) is 5.82 Å². The molecule has 0 saturated heterocycles. The quantitative estimate of drug-likeness (QED) is 0.515. The molecule has 0 bridgehead atoms. The molecular formula is C18H21ClN6O2S. The molecule has 0 aliphatic carbocycles. The van der Waals surface area contributed by atoms with E-state index in [0.29, 0.717) is 53.7 Å². The average Bonchev–Trinajstić information content (AvgIpc) is 3.29. The second kappa shape index (κ2) is 9.61. The van der Waals surface area contributed by atoms with Gasteiger partial charge in [-0.1, -0.05) is 16.8 Å². The molecule has 0 atom stereocenters. The van der Waals surface area contributed by atoms with E-state index in [-0.39, 0.29) is 5.91 Å². The van der Waals surface area contributed by atoms with Crippen LogP contribution in [0.2, 0.25) is 5.02 Å². The van der Waals surface area contributed by atoms with Crippen molar-refractivity contribution in [3.8, 4) is 11.4 Å². The van der Waals surface area contributed by atoms with E-state index >= 15 is 0 Å². The highest BCUT2D eigenvalue weighted by molar-refractivity contribution is 7.71. The summed E-state index contributed by atoms with van der Waals surface area (Å²) in [5.74, 6) is 1.85. The van der Waals surface area contributed by atoms with Crippen LogP contribution in [0.1, 0.15) is 31.5 Å². The normalized spacial score (nSPS) is 10.9. The molecule has 0 aliphatic rings. The van der Waals surface area contributed by atoms with Crippen LogP contribution in [0, 0.1) is 4.77 Å². The number of carbonyl (C=O) groups excluding carboxylic acids is 1. The van der Waals surface area contributed by atoms with Gasteiger partial charge in [0.05, 0.1) is 0 Å². The maximum Gasteiger partial charge on any atom is 0.226 e. The Morgan fingerprint density at radius 3 is 2.86 bits per heavy atom. The molecule has 0 saturated carbocycles. The number of H-pyrrole nitrogens is 1. The van der Waals surface area contributed by atoms with Crippen LogP contribution in [0.4, 0.5) is 0 Å². The molecule has 10 heteroatoms. The van der Waals surface area contributed by atoms with Crippen molar-refractivity contribution in [3.05, 3.63) is 45.8 Å². The molecule has 0 aliphatic heterocycles. The van der Waals surface area contributed by atoms with Gasteiger partial charge in [-0.3, -0.25) is 9.89 Å². The second-order valence-corrected chi connectivity index (χ2v) is 6.98. The highest BCUT2D eigenvalue weighted by Gasteiger charge is 2.10. The van der Waals surface area contributed by atoms with Gasteiger partial charge in [-0.05, 0) is 49.8 Å². The number of nitrogens with zero attached hydrogens (tertiary/aromatic N) is 4. The monoisotopic (exact) mass is 420 g/mol.